The number of anilines is 4. The Morgan fingerprint density at radius 2 is 2.07 bits per heavy atom. The number of halogens is 1. The summed E-state index contributed by atoms with van der Waals surface area (Å²) in [5, 5.41) is 14.3. The average molecular weight is 459 g/mol. The summed E-state index contributed by atoms with van der Waals surface area (Å²) in [7, 11) is 3.80. The van der Waals surface area contributed by atoms with Crippen LogP contribution in [0, 0.1) is 0 Å². The van der Waals surface area contributed by atoms with Gasteiger partial charge in [-0.25, -0.2) is 15.0 Å². The van der Waals surface area contributed by atoms with Crippen molar-refractivity contribution in [3.8, 4) is 0 Å². The molecule has 0 radical (unpaired) electrons. The van der Waals surface area contributed by atoms with Crippen molar-refractivity contribution in [3.63, 3.8) is 0 Å². The molecule has 4 aromatic rings. The van der Waals surface area contributed by atoms with Gasteiger partial charge in [0.05, 0.1) is 23.6 Å². The van der Waals surface area contributed by atoms with E-state index in [4.69, 9.17) is 0 Å². The molecule has 0 saturated heterocycles. The average Bonchev–Trinajstić information content (AvgIpc) is 3.33. The van der Waals surface area contributed by atoms with Gasteiger partial charge >= 0.3 is 0 Å². The summed E-state index contributed by atoms with van der Waals surface area (Å²) in [6.07, 6.45) is 4.68. The van der Waals surface area contributed by atoms with Gasteiger partial charge in [-0.2, -0.15) is 5.10 Å². The summed E-state index contributed by atoms with van der Waals surface area (Å²) >= 11 is 4.71. The van der Waals surface area contributed by atoms with Gasteiger partial charge in [0.25, 0.3) is 5.91 Å². The minimum atomic E-state index is -0.253. The van der Waals surface area contributed by atoms with E-state index >= 15 is 0 Å². The van der Waals surface area contributed by atoms with E-state index in [2.05, 4.69) is 51.7 Å². The van der Waals surface area contributed by atoms with Crippen LogP contribution in [-0.4, -0.2) is 45.2 Å². The maximum Gasteiger partial charge on any atom is 0.267 e. The molecule has 3 heterocycles. The third-order valence-corrected chi connectivity index (χ3v) is 5.46. The maximum atomic E-state index is 12.7. The molecule has 0 atom stereocenters. The number of amides is 1. The van der Waals surface area contributed by atoms with Gasteiger partial charge in [0.2, 0.25) is 0 Å². The zero-order valence-corrected chi connectivity index (χ0v) is 17.3. The Kier molecular flexibility index (Phi) is 4.92. The molecule has 9 nitrogen and oxygen atoms in total. The van der Waals surface area contributed by atoms with E-state index in [0.717, 1.165) is 21.2 Å². The first-order valence-corrected chi connectivity index (χ1v) is 9.77. The lowest BCUT2D eigenvalue weighted by atomic mass is 10.2. The van der Waals surface area contributed by atoms with Crippen LogP contribution in [0.25, 0.3) is 10.9 Å². The SMILES string of the molecule is CN(C)c1cc(Nc2ncc(C(=O)Nc3c(Br)ccc4[nH]ncc34)s2)ncn1. The van der Waals surface area contributed by atoms with Crippen molar-refractivity contribution in [1.82, 2.24) is 25.1 Å². The van der Waals surface area contributed by atoms with E-state index in [-0.39, 0.29) is 5.91 Å². The number of hydrogen-bond acceptors (Lipinski definition) is 8. The lowest BCUT2D eigenvalue weighted by molar-refractivity contribution is 0.103. The molecule has 11 heteroatoms. The Hall–Kier alpha value is -3.05. The quantitative estimate of drug-likeness (QED) is 0.418. The van der Waals surface area contributed by atoms with E-state index in [0.29, 0.717) is 21.5 Å². The summed E-state index contributed by atoms with van der Waals surface area (Å²) in [5.41, 5.74) is 1.50. The lowest BCUT2D eigenvalue weighted by Crippen LogP contribution is -2.11. The van der Waals surface area contributed by atoms with E-state index in [1.165, 1.54) is 23.9 Å². The van der Waals surface area contributed by atoms with Crippen LogP contribution < -0.4 is 15.5 Å². The largest absolute Gasteiger partial charge is 0.363 e. The Balaban J connectivity index is 1.52. The van der Waals surface area contributed by atoms with Gasteiger partial charge in [0.15, 0.2) is 5.13 Å². The molecule has 0 saturated carbocycles. The van der Waals surface area contributed by atoms with Crippen LogP contribution in [0.4, 0.5) is 22.5 Å². The summed E-state index contributed by atoms with van der Waals surface area (Å²) in [4.78, 5) is 27.7. The fourth-order valence-corrected chi connectivity index (χ4v) is 3.66. The monoisotopic (exact) mass is 458 g/mol. The number of carbonyl (C=O) groups is 1. The predicted octanol–water partition coefficient (Wildman–Crippen LogP) is 3.63. The number of aromatic amines is 1. The highest BCUT2D eigenvalue weighted by molar-refractivity contribution is 9.10. The molecule has 1 aromatic carbocycles. The molecule has 1 amide bonds. The van der Waals surface area contributed by atoms with Crippen molar-refractivity contribution in [2.24, 2.45) is 0 Å². The predicted molar refractivity (Wildman–Crippen MR) is 114 cm³/mol. The highest BCUT2D eigenvalue weighted by Crippen LogP contribution is 2.31. The smallest absolute Gasteiger partial charge is 0.267 e. The molecule has 0 bridgehead atoms. The number of benzene rings is 1. The van der Waals surface area contributed by atoms with E-state index < -0.39 is 0 Å². The molecule has 0 aliphatic heterocycles. The van der Waals surface area contributed by atoms with Crippen LogP contribution in [0.2, 0.25) is 0 Å². The molecule has 0 aliphatic rings. The topological polar surface area (TPSA) is 112 Å². The lowest BCUT2D eigenvalue weighted by Gasteiger charge is -2.11. The van der Waals surface area contributed by atoms with Crippen molar-refractivity contribution in [3.05, 3.63) is 46.3 Å². The van der Waals surface area contributed by atoms with Crippen molar-refractivity contribution in [2.45, 2.75) is 0 Å². The minimum Gasteiger partial charge on any atom is -0.363 e. The Morgan fingerprint density at radius 1 is 1.21 bits per heavy atom. The summed E-state index contributed by atoms with van der Waals surface area (Å²) in [6.45, 7) is 0. The molecule has 142 valence electrons. The molecule has 0 spiro atoms. The first-order chi connectivity index (χ1) is 13.5. The molecule has 28 heavy (non-hydrogen) atoms. The van der Waals surface area contributed by atoms with Crippen LogP contribution >= 0.6 is 27.3 Å². The van der Waals surface area contributed by atoms with Crippen molar-refractivity contribution in [2.75, 3.05) is 29.6 Å². The van der Waals surface area contributed by atoms with Crippen molar-refractivity contribution >= 4 is 66.5 Å². The second kappa shape index (κ2) is 7.52. The van der Waals surface area contributed by atoms with Gasteiger partial charge in [-0.3, -0.25) is 9.89 Å². The number of hydrogen-bond donors (Lipinski definition) is 3. The number of carbonyl (C=O) groups excluding carboxylic acids is 1. The normalized spacial score (nSPS) is 10.8. The number of aromatic nitrogens is 5. The Morgan fingerprint density at radius 3 is 2.89 bits per heavy atom. The number of rotatable bonds is 5. The second-order valence-corrected chi connectivity index (χ2v) is 7.90. The molecule has 3 N–H and O–H groups in total. The highest BCUT2D eigenvalue weighted by Gasteiger charge is 2.15. The fourth-order valence-electron chi connectivity index (χ4n) is 2.50. The Bertz CT molecular complexity index is 1150. The van der Waals surface area contributed by atoms with Gasteiger partial charge in [-0.15, -0.1) is 0 Å². The van der Waals surface area contributed by atoms with Gasteiger partial charge in [-0.05, 0) is 28.1 Å². The first kappa shape index (κ1) is 18.3. The van der Waals surface area contributed by atoms with Gasteiger partial charge in [0, 0.05) is 30.0 Å². The van der Waals surface area contributed by atoms with E-state index in [1.54, 1.807) is 12.3 Å². The van der Waals surface area contributed by atoms with Crippen LogP contribution in [0.15, 0.2) is 41.4 Å². The highest BCUT2D eigenvalue weighted by atomic mass is 79.9. The molecule has 0 aliphatic carbocycles. The van der Waals surface area contributed by atoms with Gasteiger partial charge in [-0.1, -0.05) is 11.3 Å². The molecule has 4 rings (SSSR count). The van der Waals surface area contributed by atoms with Crippen molar-refractivity contribution in [1.29, 1.82) is 0 Å². The van der Waals surface area contributed by atoms with Crippen LogP contribution in [0.1, 0.15) is 9.67 Å². The number of nitrogens with one attached hydrogen (secondary N) is 3. The summed E-state index contributed by atoms with van der Waals surface area (Å²) in [5.74, 6) is 1.12. The maximum absolute atomic E-state index is 12.7. The van der Waals surface area contributed by atoms with Crippen molar-refractivity contribution < 1.29 is 4.79 Å². The molecular weight excluding hydrogens is 444 g/mol. The van der Waals surface area contributed by atoms with Gasteiger partial charge in [0.1, 0.15) is 22.8 Å². The van der Waals surface area contributed by atoms with E-state index in [9.17, 15) is 4.79 Å². The fraction of sp³-hybridized carbons (Fsp3) is 0.118. The zero-order valence-electron chi connectivity index (χ0n) is 14.9. The molecule has 3 aromatic heterocycles. The number of thiazole rings is 1. The van der Waals surface area contributed by atoms with Crippen LogP contribution in [0.5, 0.6) is 0 Å². The third-order valence-electron chi connectivity index (χ3n) is 3.89. The Labute approximate surface area is 172 Å². The first-order valence-electron chi connectivity index (χ1n) is 8.16. The summed E-state index contributed by atoms with van der Waals surface area (Å²) in [6, 6.07) is 5.55. The van der Waals surface area contributed by atoms with Crippen LogP contribution in [0.3, 0.4) is 0 Å². The van der Waals surface area contributed by atoms with Crippen LogP contribution in [-0.2, 0) is 0 Å². The minimum absolute atomic E-state index is 0.253. The number of fused-ring (bicyclic) bond motifs is 1. The molecule has 0 fully saturated rings. The third kappa shape index (κ3) is 3.66. The number of nitrogens with zero attached hydrogens (tertiary/aromatic N) is 5. The standard InChI is InChI=1S/C17H15BrN8OS/c1-26(2)14-5-13(20-8-21-14)23-17-19-7-12(28-17)16(27)24-15-9-6-22-25-11(9)4-3-10(15)18/h3-8H,1-2H3,(H,22,25)(H,24,27)(H,19,20,21,23). The molecule has 0 unspecified atom stereocenters. The van der Waals surface area contributed by atoms with E-state index in [1.807, 2.05) is 31.1 Å². The zero-order chi connectivity index (χ0) is 19.7. The second-order valence-electron chi connectivity index (χ2n) is 6.02. The van der Waals surface area contributed by atoms with Gasteiger partial charge < -0.3 is 15.5 Å². The number of H-pyrrole nitrogens is 1. The summed E-state index contributed by atoms with van der Waals surface area (Å²) < 4.78 is 0.773. The molecular formula is C17H15BrN8OS.